The van der Waals surface area contributed by atoms with Crippen LogP contribution in [0, 0.1) is 5.41 Å². The van der Waals surface area contributed by atoms with Crippen LogP contribution < -0.4 is 0 Å². The molecular weight excluding hydrogens is 454 g/mol. The molecule has 1 unspecified atom stereocenters. The van der Waals surface area contributed by atoms with Crippen LogP contribution in [0.3, 0.4) is 0 Å². The lowest BCUT2D eigenvalue weighted by Gasteiger charge is -2.45. The van der Waals surface area contributed by atoms with Crippen LogP contribution in [0.1, 0.15) is 138 Å². The first-order valence-corrected chi connectivity index (χ1v) is 16.6. The topological polar surface area (TPSA) is 57.7 Å². The van der Waals surface area contributed by atoms with Gasteiger partial charge in [0.25, 0.3) is 0 Å². The summed E-state index contributed by atoms with van der Waals surface area (Å²) >= 11 is 0. The minimum Gasteiger partial charge on any atom is -0.462 e. The van der Waals surface area contributed by atoms with Crippen LogP contribution in [0.2, 0.25) is 18.1 Å². The first-order valence-electron chi connectivity index (χ1n) is 13.7. The molecule has 0 radical (unpaired) electrons. The molecule has 1 aromatic rings. The van der Waals surface area contributed by atoms with Gasteiger partial charge in [-0.3, -0.25) is 4.98 Å². The molecule has 2 atom stereocenters. The van der Waals surface area contributed by atoms with Crippen LogP contribution in [0.4, 0.5) is 0 Å². The number of ether oxygens (including phenoxy) is 2. The fourth-order valence-electron chi connectivity index (χ4n) is 5.58. The Morgan fingerprint density at radius 1 is 1.14 bits per heavy atom. The number of carbonyl (C=O) groups is 1. The van der Waals surface area contributed by atoms with Gasteiger partial charge < -0.3 is 13.9 Å². The first-order chi connectivity index (χ1) is 16.2. The van der Waals surface area contributed by atoms with E-state index < -0.39 is 8.32 Å². The second-order valence-corrected chi connectivity index (χ2v) is 17.7. The van der Waals surface area contributed by atoms with E-state index in [9.17, 15) is 4.79 Å². The average Bonchev–Trinajstić information content (AvgIpc) is 2.76. The second-order valence-electron chi connectivity index (χ2n) is 13.0. The summed E-state index contributed by atoms with van der Waals surface area (Å²) in [4.78, 5) is 18.8. The summed E-state index contributed by atoms with van der Waals surface area (Å²) in [6.07, 6.45) is 7.32. The van der Waals surface area contributed by atoms with Crippen molar-refractivity contribution in [3.63, 3.8) is 0 Å². The predicted octanol–water partition coefficient (Wildman–Crippen LogP) is 8.05. The van der Waals surface area contributed by atoms with E-state index >= 15 is 0 Å². The lowest BCUT2D eigenvalue weighted by atomic mass is 9.70. The van der Waals surface area contributed by atoms with Crippen molar-refractivity contribution in [3.8, 4) is 0 Å². The Hall–Kier alpha value is -1.24. The van der Waals surface area contributed by atoms with Gasteiger partial charge in [-0.25, -0.2) is 4.79 Å². The Morgan fingerprint density at radius 2 is 1.77 bits per heavy atom. The van der Waals surface area contributed by atoms with E-state index in [0.29, 0.717) is 18.1 Å². The summed E-state index contributed by atoms with van der Waals surface area (Å²) in [5.74, 6) is 0.0626. The number of aromatic nitrogens is 1. The van der Waals surface area contributed by atoms with Gasteiger partial charge in [0.2, 0.25) is 0 Å². The molecule has 198 valence electrons. The van der Waals surface area contributed by atoms with Crippen molar-refractivity contribution >= 4 is 14.3 Å². The molecule has 0 N–H and O–H groups in total. The van der Waals surface area contributed by atoms with Crippen LogP contribution in [-0.4, -0.2) is 33.0 Å². The first kappa shape index (κ1) is 28.3. The minimum atomic E-state index is -2.07. The molecule has 0 bridgehead atoms. The van der Waals surface area contributed by atoms with Gasteiger partial charge in [0.1, 0.15) is 0 Å². The van der Waals surface area contributed by atoms with Gasteiger partial charge in [0.05, 0.1) is 30.1 Å². The number of esters is 1. The molecule has 6 heteroatoms. The van der Waals surface area contributed by atoms with E-state index in [1.165, 1.54) is 24.8 Å². The molecule has 35 heavy (non-hydrogen) atoms. The zero-order valence-corrected chi connectivity index (χ0v) is 25.0. The van der Waals surface area contributed by atoms with Crippen molar-refractivity contribution in [1.29, 1.82) is 0 Å². The third kappa shape index (κ3) is 6.02. The highest BCUT2D eigenvalue weighted by Crippen LogP contribution is 2.51. The summed E-state index contributed by atoms with van der Waals surface area (Å²) < 4.78 is 18.6. The summed E-state index contributed by atoms with van der Waals surface area (Å²) in [6, 6.07) is 0. The standard InChI is InChI=1S/C29H49NO4Si/c1-11-33-27(31)25-23(20-15-13-12-14-16-20)24-21(30-26(25)19(2)32-8)17-29(6,7)18-22(24)34-35(9,10)28(3,4)5/h19-20,22H,11-18H2,1-10H3/t19?,22-/m0/s1. The van der Waals surface area contributed by atoms with Gasteiger partial charge in [-0.2, -0.15) is 0 Å². The maximum atomic E-state index is 13.6. The average molecular weight is 504 g/mol. The molecule has 0 aromatic carbocycles. The second kappa shape index (κ2) is 10.6. The van der Waals surface area contributed by atoms with Gasteiger partial charge in [-0.05, 0) is 74.6 Å². The normalized spacial score (nSPS) is 21.9. The fraction of sp³-hybridized carbons (Fsp3) is 0.793. The number of carbonyl (C=O) groups excluding carboxylic acids is 1. The van der Waals surface area contributed by atoms with E-state index in [2.05, 4.69) is 47.7 Å². The highest BCUT2D eigenvalue weighted by atomic mass is 28.4. The van der Waals surface area contributed by atoms with Gasteiger partial charge >= 0.3 is 5.97 Å². The van der Waals surface area contributed by atoms with Crippen LogP contribution in [0.25, 0.3) is 0 Å². The van der Waals surface area contributed by atoms with Crippen LogP contribution >= 0.6 is 0 Å². The summed E-state index contributed by atoms with van der Waals surface area (Å²) in [5, 5.41) is 0.0989. The van der Waals surface area contributed by atoms with E-state index in [4.69, 9.17) is 18.9 Å². The molecule has 5 nitrogen and oxygen atoms in total. The Bertz CT molecular complexity index is 912. The minimum absolute atomic E-state index is 0.0563. The Labute approximate surface area is 214 Å². The highest BCUT2D eigenvalue weighted by molar-refractivity contribution is 6.74. The molecule has 0 spiro atoms. The summed E-state index contributed by atoms with van der Waals surface area (Å²) in [5.41, 5.74) is 4.89. The van der Waals surface area contributed by atoms with Crippen molar-refractivity contribution in [2.75, 3.05) is 13.7 Å². The van der Waals surface area contributed by atoms with E-state index in [-0.39, 0.29) is 28.6 Å². The molecule has 2 aliphatic carbocycles. The lowest BCUT2D eigenvalue weighted by molar-refractivity contribution is 0.0507. The summed E-state index contributed by atoms with van der Waals surface area (Å²) in [7, 11) is -0.378. The quantitative estimate of drug-likeness (QED) is 0.278. The number of fused-ring (bicyclic) bond motifs is 1. The number of nitrogens with zero attached hydrogens (tertiary/aromatic N) is 1. The Morgan fingerprint density at radius 3 is 2.31 bits per heavy atom. The van der Waals surface area contributed by atoms with Crippen molar-refractivity contribution in [2.24, 2.45) is 5.41 Å². The molecule has 1 fully saturated rings. The van der Waals surface area contributed by atoms with Crippen molar-refractivity contribution < 1.29 is 18.7 Å². The lowest BCUT2D eigenvalue weighted by Crippen LogP contribution is -2.44. The van der Waals surface area contributed by atoms with Gasteiger partial charge in [0.15, 0.2) is 8.32 Å². The third-order valence-corrected chi connectivity index (χ3v) is 13.0. The number of hydrogen-bond donors (Lipinski definition) is 0. The molecule has 0 amide bonds. The van der Waals surface area contributed by atoms with Gasteiger partial charge in [0, 0.05) is 18.4 Å². The number of pyridine rings is 1. The van der Waals surface area contributed by atoms with E-state index in [0.717, 1.165) is 42.6 Å². The smallest absolute Gasteiger partial charge is 0.340 e. The highest BCUT2D eigenvalue weighted by Gasteiger charge is 2.45. The van der Waals surface area contributed by atoms with Crippen LogP contribution in [0.5, 0.6) is 0 Å². The van der Waals surface area contributed by atoms with Crippen LogP contribution in [-0.2, 0) is 20.3 Å². The van der Waals surface area contributed by atoms with Crippen molar-refractivity contribution in [3.05, 3.63) is 28.1 Å². The maximum Gasteiger partial charge on any atom is 0.340 e. The van der Waals surface area contributed by atoms with Gasteiger partial charge in [-0.1, -0.05) is 53.9 Å². The van der Waals surface area contributed by atoms with Crippen molar-refractivity contribution in [1.82, 2.24) is 4.98 Å². The number of hydrogen-bond acceptors (Lipinski definition) is 5. The number of methoxy groups -OCH3 is 1. The number of rotatable bonds is 7. The molecular formula is C29H49NO4Si. The molecule has 0 saturated heterocycles. The molecule has 1 aromatic heterocycles. The largest absolute Gasteiger partial charge is 0.462 e. The SMILES string of the molecule is CCOC(=O)c1c(C(C)OC)nc2c(c1C1CCCCC1)[C@@H](O[Si](C)(C)C(C)(C)C)CC(C)(C)C2. The predicted molar refractivity (Wildman–Crippen MR) is 145 cm³/mol. The molecule has 1 saturated carbocycles. The van der Waals surface area contributed by atoms with Crippen LogP contribution in [0.15, 0.2) is 0 Å². The molecule has 3 rings (SSSR count). The van der Waals surface area contributed by atoms with E-state index in [1.807, 2.05) is 13.8 Å². The van der Waals surface area contributed by atoms with Gasteiger partial charge in [-0.15, -0.1) is 0 Å². The Kier molecular flexibility index (Phi) is 8.60. The maximum absolute atomic E-state index is 13.6. The fourth-order valence-corrected chi connectivity index (χ4v) is 6.85. The Balaban J connectivity index is 2.33. The molecule has 0 aliphatic heterocycles. The van der Waals surface area contributed by atoms with Crippen molar-refractivity contribution in [2.45, 2.75) is 130 Å². The monoisotopic (exact) mass is 503 g/mol. The zero-order valence-electron chi connectivity index (χ0n) is 24.0. The third-order valence-electron chi connectivity index (χ3n) is 8.56. The molecule has 1 heterocycles. The zero-order chi connectivity index (χ0) is 26.2. The molecule has 2 aliphatic rings. The van der Waals surface area contributed by atoms with E-state index in [1.54, 1.807) is 7.11 Å². The summed E-state index contributed by atoms with van der Waals surface area (Å²) in [6.45, 7) is 20.4.